The lowest BCUT2D eigenvalue weighted by atomic mass is 10.0. The van der Waals surface area contributed by atoms with Gasteiger partial charge in [0.25, 0.3) is 0 Å². The molecule has 0 saturated carbocycles. The first-order valence-electron chi connectivity index (χ1n) is 9.09. The van der Waals surface area contributed by atoms with Gasteiger partial charge in [0.15, 0.2) is 0 Å². The molecule has 0 radical (unpaired) electrons. The molecular weight excluding hydrogens is 326 g/mol. The lowest BCUT2D eigenvalue weighted by Crippen LogP contribution is -2.21. The van der Waals surface area contributed by atoms with Gasteiger partial charge in [0.2, 0.25) is 0 Å². The molecule has 1 aromatic carbocycles. The Morgan fingerprint density at radius 1 is 1.19 bits per heavy atom. The predicted octanol–water partition coefficient (Wildman–Crippen LogP) is 2.25. The van der Waals surface area contributed by atoms with Gasteiger partial charge in [-0.1, -0.05) is 17.7 Å². The molecule has 0 amide bonds. The Hall–Kier alpha value is -2.44. The van der Waals surface area contributed by atoms with Crippen LogP contribution in [0.2, 0.25) is 0 Å². The molecule has 2 atom stereocenters. The summed E-state index contributed by atoms with van der Waals surface area (Å²) in [5, 5.41) is 22.2. The molecule has 0 spiro atoms. The highest BCUT2D eigenvalue weighted by Gasteiger charge is 2.31. The lowest BCUT2D eigenvalue weighted by molar-refractivity contribution is 0.140. The van der Waals surface area contributed by atoms with Gasteiger partial charge in [-0.3, -0.25) is 10.00 Å². The average molecular weight is 351 g/mol. The van der Waals surface area contributed by atoms with Crippen molar-refractivity contribution in [3.05, 3.63) is 65.2 Å². The SMILES string of the molecule is Cc1ccc(-n2cc(CN3C[C@@H](Cc4cc(C)[nH]n4)[C@H](O)C3)cn2)cc1. The number of hydrogen-bond acceptors (Lipinski definition) is 4. The van der Waals surface area contributed by atoms with Gasteiger partial charge < -0.3 is 5.11 Å². The van der Waals surface area contributed by atoms with Crippen molar-refractivity contribution in [2.45, 2.75) is 32.9 Å². The summed E-state index contributed by atoms with van der Waals surface area (Å²) < 4.78 is 1.91. The molecule has 0 bridgehead atoms. The number of nitrogens with zero attached hydrogens (tertiary/aromatic N) is 4. The van der Waals surface area contributed by atoms with E-state index in [1.165, 1.54) is 5.56 Å². The Labute approximate surface area is 153 Å². The summed E-state index contributed by atoms with van der Waals surface area (Å²) in [4.78, 5) is 2.30. The topological polar surface area (TPSA) is 70.0 Å². The maximum Gasteiger partial charge on any atom is 0.0711 e. The summed E-state index contributed by atoms with van der Waals surface area (Å²) in [5.41, 5.74) is 5.56. The quantitative estimate of drug-likeness (QED) is 0.740. The molecule has 6 nitrogen and oxygen atoms in total. The normalized spacial score (nSPS) is 20.7. The molecule has 0 unspecified atom stereocenters. The maximum atomic E-state index is 10.4. The molecule has 136 valence electrons. The van der Waals surface area contributed by atoms with Crippen LogP contribution in [-0.2, 0) is 13.0 Å². The Morgan fingerprint density at radius 2 is 2.00 bits per heavy atom. The number of nitrogens with one attached hydrogen (secondary N) is 1. The number of aliphatic hydroxyl groups excluding tert-OH is 1. The Morgan fingerprint density at radius 3 is 2.73 bits per heavy atom. The van der Waals surface area contributed by atoms with E-state index < -0.39 is 0 Å². The van der Waals surface area contributed by atoms with Crippen LogP contribution in [0.4, 0.5) is 0 Å². The fraction of sp³-hybridized carbons (Fsp3) is 0.400. The third kappa shape index (κ3) is 3.71. The number of rotatable bonds is 5. The van der Waals surface area contributed by atoms with E-state index in [4.69, 9.17) is 0 Å². The number of aryl methyl sites for hydroxylation is 2. The monoisotopic (exact) mass is 351 g/mol. The van der Waals surface area contributed by atoms with E-state index in [9.17, 15) is 5.11 Å². The van der Waals surface area contributed by atoms with Crippen LogP contribution in [0.25, 0.3) is 5.69 Å². The second-order valence-corrected chi connectivity index (χ2v) is 7.40. The van der Waals surface area contributed by atoms with E-state index in [1.54, 1.807) is 0 Å². The molecule has 0 aliphatic carbocycles. The van der Waals surface area contributed by atoms with E-state index in [1.807, 2.05) is 17.8 Å². The zero-order chi connectivity index (χ0) is 18.1. The van der Waals surface area contributed by atoms with Crippen LogP contribution >= 0.6 is 0 Å². The number of hydrogen-bond donors (Lipinski definition) is 2. The van der Waals surface area contributed by atoms with Crippen molar-refractivity contribution in [3.8, 4) is 5.69 Å². The fourth-order valence-electron chi connectivity index (χ4n) is 3.66. The Kier molecular flexibility index (Phi) is 4.61. The molecular formula is C20H25N5O. The van der Waals surface area contributed by atoms with Gasteiger partial charge in [-0.2, -0.15) is 10.2 Å². The van der Waals surface area contributed by atoms with Crippen molar-refractivity contribution in [1.29, 1.82) is 0 Å². The molecule has 1 saturated heterocycles. The van der Waals surface area contributed by atoms with E-state index in [0.717, 1.165) is 42.1 Å². The minimum Gasteiger partial charge on any atom is -0.391 e. The average Bonchev–Trinajstić information content (AvgIpc) is 3.31. The predicted molar refractivity (Wildman–Crippen MR) is 100 cm³/mol. The minimum absolute atomic E-state index is 0.227. The van der Waals surface area contributed by atoms with Crippen molar-refractivity contribution in [3.63, 3.8) is 0 Å². The maximum absolute atomic E-state index is 10.4. The van der Waals surface area contributed by atoms with Crippen LogP contribution < -0.4 is 0 Å². The van der Waals surface area contributed by atoms with Crippen molar-refractivity contribution in [2.75, 3.05) is 13.1 Å². The molecule has 1 aliphatic rings. The zero-order valence-corrected chi connectivity index (χ0v) is 15.3. The van der Waals surface area contributed by atoms with E-state index in [0.29, 0.717) is 6.54 Å². The third-order valence-corrected chi connectivity index (χ3v) is 5.05. The summed E-state index contributed by atoms with van der Waals surface area (Å²) in [6.07, 6.45) is 4.49. The summed E-state index contributed by atoms with van der Waals surface area (Å²) in [6.45, 7) is 6.46. The van der Waals surface area contributed by atoms with Crippen LogP contribution in [0, 0.1) is 19.8 Å². The highest BCUT2D eigenvalue weighted by atomic mass is 16.3. The van der Waals surface area contributed by atoms with Gasteiger partial charge >= 0.3 is 0 Å². The summed E-state index contributed by atoms with van der Waals surface area (Å²) in [6, 6.07) is 10.4. The highest BCUT2D eigenvalue weighted by Crippen LogP contribution is 2.23. The first-order chi connectivity index (χ1) is 12.6. The molecule has 1 fully saturated rings. The first-order valence-corrected chi connectivity index (χ1v) is 9.09. The third-order valence-electron chi connectivity index (χ3n) is 5.05. The van der Waals surface area contributed by atoms with Crippen molar-refractivity contribution >= 4 is 0 Å². The minimum atomic E-state index is -0.306. The smallest absolute Gasteiger partial charge is 0.0711 e. The van der Waals surface area contributed by atoms with E-state index in [-0.39, 0.29) is 12.0 Å². The van der Waals surface area contributed by atoms with Crippen LogP contribution in [-0.4, -0.2) is 49.2 Å². The lowest BCUT2D eigenvalue weighted by Gasteiger charge is -2.13. The molecule has 3 heterocycles. The molecule has 6 heteroatoms. The fourth-order valence-corrected chi connectivity index (χ4v) is 3.66. The first kappa shape index (κ1) is 17.0. The van der Waals surface area contributed by atoms with Gasteiger partial charge in [-0.15, -0.1) is 0 Å². The number of aromatic nitrogens is 4. The van der Waals surface area contributed by atoms with E-state index >= 15 is 0 Å². The standard InChI is InChI=1S/C20H25N5O/c1-14-3-5-19(6-4-14)25-11-16(9-21-25)10-24-12-17(20(26)13-24)8-18-7-15(2)22-23-18/h3-7,9,11,17,20,26H,8,10,12-13H2,1-2H3,(H,22,23)/t17-,20-/m1/s1. The number of β-amino-alcohol motifs (C(OH)–C–C–N with tert-alkyl or cyclic N) is 1. The van der Waals surface area contributed by atoms with Crippen molar-refractivity contribution in [2.24, 2.45) is 5.92 Å². The summed E-state index contributed by atoms with van der Waals surface area (Å²) >= 11 is 0. The molecule has 4 rings (SSSR count). The number of likely N-dealkylation sites (tertiary alicyclic amines) is 1. The Balaban J connectivity index is 1.38. The van der Waals surface area contributed by atoms with Gasteiger partial charge in [0.1, 0.15) is 0 Å². The van der Waals surface area contributed by atoms with Crippen LogP contribution in [0.3, 0.4) is 0 Å². The summed E-state index contributed by atoms with van der Waals surface area (Å²) in [5.74, 6) is 0.227. The number of benzene rings is 1. The number of H-pyrrole nitrogens is 1. The second kappa shape index (κ2) is 7.05. The van der Waals surface area contributed by atoms with Gasteiger partial charge in [0, 0.05) is 43.0 Å². The van der Waals surface area contributed by atoms with Crippen LogP contribution in [0.15, 0.2) is 42.7 Å². The van der Waals surface area contributed by atoms with Crippen molar-refractivity contribution in [1.82, 2.24) is 24.9 Å². The molecule has 2 aromatic heterocycles. The largest absolute Gasteiger partial charge is 0.391 e. The zero-order valence-electron chi connectivity index (χ0n) is 15.3. The summed E-state index contributed by atoms with van der Waals surface area (Å²) in [7, 11) is 0. The van der Waals surface area contributed by atoms with Gasteiger partial charge in [-0.05, 0) is 38.5 Å². The van der Waals surface area contributed by atoms with Gasteiger partial charge in [-0.25, -0.2) is 4.68 Å². The number of aliphatic hydroxyl groups is 1. The Bertz CT molecular complexity index is 866. The van der Waals surface area contributed by atoms with E-state index in [2.05, 4.69) is 63.6 Å². The highest BCUT2D eigenvalue weighted by molar-refractivity contribution is 5.34. The second-order valence-electron chi connectivity index (χ2n) is 7.40. The van der Waals surface area contributed by atoms with Crippen LogP contribution in [0.5, 0.6) is 0 Å². The van der Waals surface area contributed by atoms with Crippen molar-refractivity contribution < 1.29 is 5.11 Å². The molecule has 1 aliphatic heterocycles. The molecule has 26 heavy (non-hydrogen) atoms. The number of aromatic amines is 1. The van der Waals surface area contributed by atoms with Crippen LogP contribution in [0.1, 0.15) is 22.5 Å². The van der Waals surface area contributed by atoms with Gasteiger partial charge in [0.05, 0.1) is 23.7 Å². The molecule has 2 N–H and O–H groups in total. The molecule has 3 aromatic rings.